The van der Waals surface area contributed by atoms with Crippen LogP contribution in [0.5, 0.6) is 0 Å². The Kier molecular flexibility index (Phi) is 10.2. The second-order valence-electron chi connectivity index (χ2n) is 7.47. The molecular weight excluding hydrogens is 304 g/mol. The zero-order valence-electron chi connectivity index (χ0n) is 16.0. The minimum absolute atomic E-state index is 0.272. The monoisotopic (exact) mass is 338 g/mol. The lowest BCUT2D eigenvalue weighted by Gasteiger charge is -2.38. The molecule has 0 heterocycles. The molecular formula is C19H34O3Si. The number of ether oxygens (including phenoxy) is 1. The Bertz CT molecular complexity index is 436. The molecule has 0 saturated carbocycles. The summed E-state index contributed by atoms with van der Waals surface area (Å²) in [6.07, 6.45) is 8.63. The van der Waals surface area contributed by atoms with Gasteiger partial charge in [-0.15, -0.1) is 0 Å². The van der Waals surface area contributed by atoms with Crippen molar-refractivity contribution in [3.05, 3.63) is 12.2 Å². The minimum atomic E-state index is -1.64. The Morgan fingerprint density at radius 1 is 1.22 bits per heavy atom. The molecule has 132 valence electrons. The highest BCUT2D eigenvalue weighted by Crippen LogP contribution is 2.37. The average molecular weight is 339 g/mol. The van der Waals surface area contributed by atoms with E-state index in [4.69, 9.17) is 4.43 Å². The molecule has 0 aliphatic heterocycles. The van der Waals surface area contributed by atoms with Crippen molar-refractivity contribution in [2.24, 2.45) is 0 Å². The summed E-state index contributed by atoms with van der Waals surface area (Å²) in [5.74, 6) is 5.52. The van der Waals surface area contributed by atoms with Crippen LogP contribution < -0.4 is 0 Å². The zero-order chi connectivity index (χ0) is 17.9. The average Bonchev–Trinajstić information content (AvgIpc) is 2.43. The number of rotatable bonds is 8. The quantitative estimate of drug-likeness (QED) is 0.203. The van der Waals surface area contributed by atoms with E-state index in [2.05, 4.69) is 57.4 Å². The second-order valence-corrected chi connectivity index (χ2v) is 12.2. The van der Waals surface area contributed by atoms with Crippen LogP contribution in [0.2, 0.25) is 18.1 Å². The third-order valence-corrected chi connectivity index (χ3v) is 8.92. The summed E-state index contributed by atoms with van der Waals surface area (Å²) < 4.78 is 10.8. The molecule has 0 spiro atoms. The van der Waals surface area contributed by atoms with E-state index in [1.54, 1.807) is 6.08 Å². The Hall–Kier alpha value is -1.05. The van der Waals surface area contributed by atoms with E-state index in [0.29, 0.717) is 6.10 Å². The number of unbranched alkanes of at least 4 members (excludes halogenated alkanes) is 3. The summed E-state index contributed by atoms with van der Waals surface area (Å²) in [6.45, 7) is 13.6. The molecule has 0 rings (SSSR count). The van der Waals surface area contributed by atoms with Crippen molar-refractivity contribution >= 4 is 14.3 Å². The number of esters is 1. The third kappa shape index (κ3) is 10.4. The molecule has 4 heteroatoms. The Balaban J connectivity index is 3.83. The van der Waals surface area contributed by atoms with Gasteiger partial charge in [-0.05, 0) is 44.0 Å². The zero-order valence-corrected chi connectivity index (χ0v) is 17.0. The Morgan fingerprint density at radius 3 is 2.43 bits per heavy atom. The normalized spacial score (nSPS) is 13.5. The van der Waals surface area contributed by atoms with E-state index in [0.717, 1.165) is 19.3 Å². The molecule has 0 radical (unpaired) electrons. The van der Waals surface area contributed by atoms with Crippen LogP contribution in [0.25, 0.3) is 0 Å². The maximum atomic E-state index is 10.8. The van der Waals surface area contributed by atoms with E-state index in [1.807, 2.05) is 0 Å². The van der Waals surface area contributed by atoms with Gasteiger partial charge in [-0.3, -0.25) is 0 Å². The molecule has 23 heavy (non-hydrogen) atoms. The largest absolute Gasteiger partial charge is 0.466 e. The van der Waals surface area contributed by atoms with Gasteiger partial charge in [-0.2, -0.15) is 0 Å². The summed E-state index contributed by atoms with van der Waals surface area (Å²) in [5, 5.41) is 0.272. The minimum Gasteiger partial charge on any atom is -0.466 e. The SMILES string of the molecule is COC(=O)/C=C/C#CCCCCC[C@@H](C)O[Si](C)(C)C(C)(C)C. The van der Waals surface area contributed by atoms with Gasteiger partial charge in [0.05, 0.1) is 7.11 Å². The van der Waals surface area contributed by atoms with Crippen molar-refractivity contribution in [1.29, 1.82) is 0 Å². The molecule has 0 unspecified atom stereocenters. The van der Waals surface area contributed by atoms with Crippen LogP contribution in [0.15, 0.2) is 12.2 Å². The molecule has 1 atom stereocenters. The number of hydrogen-bond donors (Lipinski definition) is 0. The smallest absolute Gasteiger partial charge is 0.331 e. The molecule has 0 N–H and O–H groups in total. The van der Waals surface area contributed by atoms with Gasteiger partial charge in [0.2, 0.25) is 0 Å². The van der Waals surface area contributed by atoms with Gasteiger partial charge in [0, 0.05) is 18.6 Å². The van der Waals surface area contributed by atoms with Gasteiger partial charge in [0.25, 0.3) is 0 Å². The van der Waals surface area contributed by atoms with Gasteiger partial charge >= 0.3 is 5.97 Å². The van der Waals surface area contributed by atoms with Gasteiger partial charge in [0.15, 0.2) is 8.32 Å². The van der Waals surface area contributed by atoms with Crippen LogP contribution in [-0.4, -0.2) is 27.5 Å². The van der Waals surface area contributed by atoms with Crippen LogP contribution in [0.4, 0.5) is 0 Å². The molecule has 0 bridgehead atoms. The van der Waals surface area contributed by atoms with E-state index >= 15 is 0 Å². The fourth-order valence-electron chi connectivity index (χ4n) is 1.87. The van der Waals surface area contributed by atoms with Crippen LogP contribution in [0, 0.1) is 11.8 Å². The lowest BCUT2D eigenvalue weighted by molar-refractivity contribution is -0.134. The first-order chi connectivity index (χ1) is 10.6. The third-order valence-electron chi connectivity index (χ3n) is 4.32. The Morgan fingerprint density at radius 2 is 1.87 bits per heavy atom. The van der Waals surface area contributed by atoms with Gasteiger partial charge in [-0.25, -0.2) is 4.79 Å². The summed E-state index contributed by atoms with van der Waals surface area (Å²) in [4.78, 5) is 10.8. The van der Waals surface area contributed by atoms with Gasteiger partial charge in [-0.1, -0.05) is 45.5 Å². The predicted octanol–water partition coefficient (Wildman–Crippen LogP) is 5.08. The first-order valence-corrected chi connectivity index (χ1v) is 11.4. The van der Waals surface area contributed by atoms with E-state index < -0.39 is 8.32 Å². The lowest BCUT2D eigenvalue weighted by atomic mass is 10.1. The number of hydrogen-bond acceptors (Lipinski definition) is 3. The predicted molar refractivity (Wildman–Crippen MR) is 99.8 cm³/mol. The lowest BCUT2D eigenvalue weighted by Crippen LogP contribution is -2.43. The first-order valence-electron chi connectivity index (χ1n) is 8.51. The molecule has 0 aliphatic carbocycles. The van der Waals surface area contributed by atoms with Gasteiger partial charge in [0.1, 0.15) is 0 Å². The molecule has 0 aromatic carbocycles. The van der Waals surface area contributed by atoms with Crippen molar-refractivity contribution in [3.8, 4) is 11.8 Å². The molecule has 0 saturated heterocycles. The summed E-state index contributed by atoms with van der Waals surface area (Å²) in [7, 11) is -0.282. The van der Waals surface area contributed by atoms with Crippen LogP contribution >= 0.6 is 0 Å². The molecule has 0 aliphatic rings. The highest BCUT2D eigenvalue weighted by atomic mass is 28.4. The number of methoxy groups -OCH3 is 1. The second kappa shape index (κ2) is 10.7. The summed E-state index contributed by atoms with van der Waals surface area (Å²) >= 11 is 0. The first kappa shape index (κ1) is 21.9. The van der Waals surface area contributed by atoms with Crippen molar-refractivity contribution in [3.63, 3.8) is 0 Å². The van der Waals surface area contributed by atoms with Crippen LogP contribution in [0.3, 0.4) is 0 Å². The molecule has 0 fully saturated rings. The molecule has 3 nitrogen and oxygen atoms in total. The maximum Gasteiger partial charge on any atom is 0.331 e. The van der Waals surface area contributed by atoms with Crippen LogP contribution in [0.1, 0.15) is 59.8 Å². The van der Waals surface area contributed by atoms with E-state index in [1.165, 1.54) is 26.0 Å². The van der Waals surface area contributed by atoms with E-state index in [9.17, 15) is 4.79 Å². The maximum absolute atomic E-state index is 10.8. The van der Waals surface area contributed by atoms with Crippen molar-refractivity contribution in [1.82, 2.24) is 0 Å². The number of allylic oxidation sites excluding steroid dienone is 1. The highest BCUT2D eigenvalue weighted by Gasteiger charge is 2.38. The fraction of sp³-hybridized carbons (Fsp3) is 0.737. The molecule has 0 amide bonds. The standard InChI is InChI=1S/C19H34O3Si/c1-17(22-23(6,7)19(2,3)4)15-13-11-9-8-10-12-14-16-18(20)21-5/h14,16-17H,8-9,11,13,15H2,1-7H3/b16-14+/t17-/m1/s1. The molecule has 0 aromatic heterocycles. The Labute approximate surface area is 144 Å². The highest BCUT2D eigenvalue weighted by molar-refractivity contribution is 6.74. The van der Waals surface area contributed by atoms with Crippen molar-refractivity contribution in [2.45, 2.75) is 84.0 Å². The molecule has 0 aromatic rings. The van der Waals surface area contributed by atoms with Gasteiger partial charge < -0.3 is 9.16 Å². The van der Waals surface area contributed by atoms with E-state index in [-0.39, 0.29) is 11.0 Å². The fourth-order valence-corrected chi connectivity index (χ4v) is 3.35. The van der Waals surface area contributed by atoms with Crippen molar-refractivity contribution < 1.29 is 14.0 Å². The van der Waals surface area contributed by atoms with Crippen molar-refractivity contribution in [2.75, 3.05) is 7.11 Å². The number of carbonyl (C=O) groups excluding carboxylic acids is 1. The topological polar surface area (TPSA) is 35.5 Å². The summed E-state index contributed by atoms with van der Waals surface area (Å²) in [6, 6.07) is 0. The van der Waals surface area contributed by atoms with Crippen LogP contribution in [-0.2, 0) is 14.0 Å². The number of carbonyl (C=O) groups is 1. The summed E-state index contributed by atoms with van der Waals surface area (Å²) in [5.41, 5.74) is 0.